The largest absolute Gasteiger partial charge is 0.310 e. The van der Waals surface area contributed by atoms with Crippen LogP contribution < -0.4 is 5.32 Å². The highest BCUT2D eigenvalue weighted by Gasteiger charge is 2.16. The van der Waals surface area contributed by atoms with Gasteiger partial charge in [-0.3, -0.25) is 4.68 Å². The number of nitrogens with one attached hydrogen (secondary N) is 1. The Morgan fingerprint density at radius 3 is 2.89 bits per heavy atom. The van der Waals surface area contributed by atoms with Crippen LogP contribution in [0.5, 0.6) is 0 Å². The van der Waals surface area contributed by atoms with Gasteiger partial charge in [-0.05, 0) is 48.7 Å². The lowest BCUT2D eigenvalue weighted by molar-refractivity contribution is 0.527. The van der Waals surface area contributed by atoms with Crippen LogP contribution in [-0.4, -0.2) is 16.3 Å². The minimum atomic E-state index is 0.369. The molecule has 1 atom stereocenters. The van der Waals surface area contributed by atoms with Gasteiger partial charge in [0.1, 0.15) is 0 Å². The Labute approximate surface area is 113 Å². The second-order valence-corrected chi connectivity index (χ2v) is 5.47. The van der Waals surface area contributed by atoms with Crippen molar-refractivity contribution in [1.82, 2.24) is 15.1 Å². The van der Waals surface area contributed by atoms with Gasteiger partial charge in [0.25, 0.3) is 0 Å². The Kier molecular flexibility index (Phi) is 4.55. The summed E-state index contributed by atoms with van der Waals surface area (Å²) in [7, 11) is 1.98. The van der Waals surface area contributed by atoms with Crippen molar-refractivity contribution in [2.45, 2.75) is 32.7 Å². The van der Waals surface area contributed by atoms with Crippen LogP contribution in [0.1, 0.15) is 36.2 Å². The van der Waals surface area contributed by atoms with Crippen LogP contribution in [0.4, 0.5) is 0 Å². The van der Waals surface area contributed by atoms with Gasteiger partial charge in [0.05, 0.1) is 5.69 Å². The van der Waals surface area contributed by atoms with Crippen LogP contribution in [0.3, 0.4) is 0 Å². The van der Waals surface area contributed by atoms with Gasteiger partial charge in [-0.15, -0.1) is 0 Å². The molecule has 1 unspecified atom stereocenters. The van der Waals surface area contributed by atoms with E-state index >= 15 is 0 Å². The quantitative estimate of drug-likeness (QED) is 0.868. The number of thiophene rings is 1. The smallest absolute Gasteiger partial charge is 0.0641 e. The zero-order valence-electron chi connectivity index (χ0n) is 11.3. The maximum Gasteiger partial charge on any atom is 0.0641 e. The van der Waals surface area contributed by atoms with Crippen LogP contribution >= 0.6 is 11.3 Å². The number of rotatable bonds is 6. The van der Waals surface area contributed by atoms with Crippen molar-refractivity contribution >= 4 is 11.3 Å². The van der Waals surface area contributed by atoms with Crippen molar-refractivity contribution in [1.29, 1.82) is 0 Å². The molecule has 2 rings (SSSR count). The first-order valence-electron chi connectivity index (χ1n) is 6.45. The van der Waals surface area contributed by atoms with E-state index in [0.29, 0.717) is 6.04 Å². The molecule has 0 saturated carbocycles. The molecule has 0 aliphatic carbocycles. The summed E-state index contributed by atoms with van der Waals surface area (Å²) in [6.07, 6.45) is 4.32. The molecule has 3 nitrogen and oxygen atoms in total. The zero-order chi connectivity index (χ0) is 13.0. The van der Waals surface area contributed by atoms with E-state index in [1.54, 1.807) is 11.3 Å². The molecule has 0 saturated heterocycles. The minimum absolute atomic E-state index is 0.369. The molecule has 0 aromatic carbocycles. The lowest BCUT2D eigenvalue weighted by atomic mass is 10.0. The molecule has 98 valence electrons. The molecule has 18 heavy (non-hydrogen) atoms. The fraction of sp³-hybridized carbons (Fsp3) is 0.500. The lowest BCUT2D eigenvalue weighted by Gasteiger charge is -2.17. The number of aryl methyl sites for hydroxylation is 2. The highest BCUT2D eigenvalue weighted by atomic mass is 32.1. The first kappa shape index (κ1) is 13.3. The van der Waals surface area contributed by atoms with Crippen LogP contribution in [0.25, 0.3) is 0 Å². The predicted octanol–water partition coefficient (Wildman–Crippen LogP) is 3.07. The number of aromatic nitrogens is 2. The van der Waals surface area contributed by atoms with E-state index in [1.165, 1.54) is 11.1 Å². The summed E-state index contributed by atoms with van der Waals surface area (Å²) >= 11 is 1.76. The van der Waals surface area contributed by atoms with E-state index in [1.807, 2.05) is 11.7 Å². The monoisotopic (exact) mass is 263 g/mol. The Hall–Kier alpha value is -1.13. The number of hydrogen-bond acceptors (Lipinski definition) is 3. The van der Waals surface area contributed by atoms with E-state index in [-0.39, 0.29) is 0 Å². The highest BCUT2D eigenvalue weighted by Crippen LogP contribution is 2.22. The first-order valence-corrected chi connectivity index (χ1v) is 7.39. The summed E-state index contributed by atoms with van der Waals surface area (Å²) in [5, 5.41) is 12.4. The fourth-order valence-electron chi connectivity index (χ4n) is 2.22. The van der Waals surface area contributed by atoms with E-state index in [2.05, 4.69) is 47.3 Å². The van der Waals surface area contributed by atoms with Gasteiger partial charge in [-0.25, -0.2) is 0 Å². The van der Waals surface area contributed by atoms with E-state index in [0.717, 1.165) is 25.1 Å². The Morgan fingerprint density at radius 1 is 1.50 bits per heavy atom. The second-order valence-electron chi connectivity index (χ2n) is 4.69. The molecule has 0 amide bonds. The molecule has 4 heteroatoms. The first-order chi connectivity index (χ1) is 8.70. The maximum atomic E-state index is 4.45. The maximum absolute atomic E-state index is 4.45. The third-order valence-corrected chi connectivity index (χ3v) is 3.82. The van der Waals surface area contributed by atoms with Gasteiger partial charge >= 0.3 is 0 Å². The second kappa shape index (κ2) is 6.16. The van der Waals surface area contributed by atoms with Gasteiger partial charge in [0.2, 0.25) is 0 Å². The summed E-state index contributed by atoms with van der Waals surface area (Å²) in [6, 6.07) is 2.57. The molecule has 0 fully saturated rings. The standard InChI is InChI=1S/C14H21N3S/c1-4-6-15-14(8-12-5-7-18-10-12)13-9-17(3)16-11(13)2/h5,7,9-10,14-15H,4,6,8H2,1-3H3. The van der Waals surface area contributed by atoms with E-state index in [4.69, 9.17) is 0 Å². The summed E-state index contributed by atoms with van der Waals surface area (Å²) < 4.78 is 1.90. The number of hydrogen-bond donors (Lipinski definition) is 1. The van der Waals surface area contributed by atoms with Gasteiger partial charge in [0.15, 0.2) is 0 Å². The molecule has 0 bridgehead atoms. The third kappa shape index (κ3) is 3.21. The minimum Gasteiger partial charge on any atom is -0.310 e. The van der Waals surface area contributed by atoms with Crippen LogP contribution in [0.15, 0.2) is 23.0 Å². The fourth-order valence-corrected chi connectivity index (χ4v) is 2.90. The van der Waals surface area contributed by atoms with Gasteiger partial charge < -0.3 is 5.32 Å². The van der Waals surface area contributed by atoms with Gasteiger partial charge in [-0.2, -0.15) is 16.4 Å². The summed E-state index contributed by atoms with van der Waals surface area (Å²) in [6.45, 7) is 5.33. The molecule has 0 spiro atoms. The Bertz CT molecular complexity index is 473. The number of nitrogens with zero attached hydrogens (tertiary/aromatic N) is 2. The van der Waals surface area contributed by atoms with E-state index < -0.39 is 0 Å². The van der Waals surface area contributed by atoms with E-state index in [9.17, 15) is 0 Å². The average Bonchev–Trinajstić information content (AvgIpc) is 2.94. The Morgan fingerprint density at radius 2 is 2.33 bits per heavy atom. The highest BCUT2D eigenvalue weighted by molar-refractivity contribution is 7.07. The topological polar surface area (TPSA) is 29.9 Å². The molecule has 0 aliphatic heterocycles. The SMILES string of the molecule is CCCNC(Cc1ccsc1)c1cn(C)nc1C. The lowest BCUT2D eigenvalue weighted by Crippen LogP contribution is -2.24. The van der Waals surface area contributed by atoms with Crippen LogP contribution in [0, 0.1) is 6.92 Å². The average molecular weight is 263 g/mol. The molecule has 2 heterocycles. The van der Waals surface area contributed by atoms with Crippen molar-refractivity contribution in [3.63, 3.8) is 0 Å². The van der Waals surface area contributed by atoms with Gasteiger partial charge in [0, 0.05) is 24.8 Å². The normalized spacial score (nSPS) is 12.8. The summed E-state index contributed by atoms with van der Waals surface area (Å²) in [4.78, 5) is 0. The molecular formula is C14H21N3S. The van der Waals surface area contributed by atoms with Crippen molar-refractivity contribution < 1.29 is 0 Å². The predicted molar refractivity (Wildman–Crippen MR) is 77.0 cm³/mol. The van der Waals surface area contributed by atoms with Crippen molar-refractivity contribution in [2.24, 2.45) is 7.05 Å². The van der Waals surface area contributed by atoms with Crippen molar-refractivity contribution in [2.75, 3.05) is 6.54 Å². The summed E-state index contributed by atoms with van der Waals surface area (Å²) in [5.41, 5.74) is 3.84. The Balaban J connectivity index is 2.16. The molecular weight excluding hydrogens is 242 g/mol. The zero-order valence-corrected chi connectivity index (χ0v) is 12.1. The molecule has 0 aliphatic rings. The van der Waals surface area contributed by atoms with Crippen LogP contribution in [0.2, 0.25) is 0 Å². The van der Waals surface area contributed by atoms with Crippen molar-refractivity contribution in [3.05, 3.63) is 39.8 Å². The summed E-state index contributed by atoms with van der Waals surface area (Å²) in [5.74, 6) is 0. The van der Waals surface area contributed by atoms with Gasteiger partial charge in [-0.1, -0.05) is 6.92 Å². The molecule has 2 aromatic rings. The van der Waals surface area contributed by atoms with Crippen LogP contribution in [-0.2, 0) is 13.5 Å². The van der Waals surface area contributed by atoms with Crippen molar-refractivity contribution in [3.8, 4) is 0 Å². The third-order valence-electron chi connectivity index (χ3n) is 3.09. The molecule has 1 N–H and O–H groups in total. The molecule has 2 aromatic heterocycles. The molecule has 0 radical (unpaired) electrons.